The number of hydrogen-bond donors (Lipinski definition) is 1. The van der Waals surface area contributed by atoms with Gasteiger partial charge in [0, 0.05) is 22.6 Å². The normalized spacial score (nSPS) is 15.6. The summed E-state index contributed by atoms with van der Waals surface area (Å²) in [4.78, 5) is 17.0. The van der Waals surface area contributed by atoms with Crippen LogP contribution in [0, 0.1) is 5.41 Å². The zero-order valence-electron chi connectivity index (χ0n) is 18.4. The maximum absolute atomic E-state index is 12.4. The van der Waals surface area contributed by atoms with Gasteiger partial charge in [0.05, 0.1) is 21.3 Å². The van der Waals surface area contributed by atoms with Crippen LogP contribution in [-0.2, 0) is 14.6 Å². The molecule has 0 bridgehead atoms. The second kappa shape index (κ2) is 7.74. The van der Waals surface area contributed by atoms with E-state index in [-0.39, 0.29) is 4.90 Å². The fraction of sp³-hybridized carbons (Fsp3) is 0.280. The van der Waals surface area contributed by atoms with Crippen molar-refractivity contribution in [2.24, 2.45) is 5.41 Å². The molecule has 0 aliphatic carbocycles. The number of pyridine rings is 1. The average Bonchev–Trinajstić information content (AvgIpc) is 2.76. The molecule has 0 unspecified atom stereocenters. The quantitative estimate of drug-likeness (QED) is 0.567. The standard InChI is InChI=1S/C25H25NO5S/c1-15(2)32(29,30)17-11-9-16(10-12-17)20-14-13-19-22(25(3,4)24(27)28)18-7-5-6-8-21(18)31-23(19)26-20/h5-15,22H,1-4H3,(H,27,28)/t22-/m0/s1. The largest absolute Gasteiger partial charge is 0.481 e. The number of carboxylic acid groups (broad SMARTS) is 1. The van der Waals surface area contributed by atoms with Crippen molar-refractivity contribution in [1.82, 2.24) is 4.98 Å². The molecule has 7 heteroatoms. The maximum atomic E-state index is 12.4. The van der Waals surface area contributed by atoms with E-state index in [4.69, 9.17) is 4.74 Å². The molecule has 1 atom stereocenters. The van der Waals surface area contributed by atoms with Crippen molar-refractivity contribution in [1.29, 1.82) is 0 Å². The average molecular weight is 452 g/mol. The van der Waals surface area contributed by atoms with Crippen LogP contribution >= 0.6 is 0 Å². The Labute approximate surface area is 187 Å². The summed E-state index contributed by atoms with van der Waals surface area (Å²) in [7, 11) is -3.36. The van der Waals surface area contributed by atoms with Crippen molar-refractivity contribution in [3.63, 3.8) is 0 Å². The molecule has 32 heavy (non-hydrogen) atoms. The highest BCUT2D eigenvalue weighted by Gasteiger charge is 2.44. The first-order valence-corrected chi connectivity index (χ1v) is 11.9. The van der Waals surface area contributed by atoms with Crippen molar-refractivity contribution >= 4 is 15.8 Å². The molecule has 0 amide bonds. The lowest BCUT2D eigenvalue weighted by molar-refractivity contribution is -0.147. The summed E-state index contributed by atoms with van der Waals surface area (Å²) >= 11 is 0. The molecule has 6 nitrogen and oxygen atoms in total. The van der Waals surface area contributed by atoms with E-state index in [1.54, 1.807) is 52.0 Å². The first kappa shape index (κ1) is 22.0. The number of para-hydroxylation sites is 1. The number of benzene rings is 2. The zero-order valence-corrected chi connectivity index (χ0v) is 19.2. The lowest BCUT2D eigenvalue weighted by Gasteiger charge is -2.36. The molecule has 1 aliphatic heterocycles. The van der Waals surface area contributed by atoms with Crippen LogP contribution in [-0.4, -0.2) is 29.7 Å². The monoisotopic (exact) mass is 451 g/mol. The van der Waals surface area contributed by atoms with Gasteiger partial charge in [-0.15, -0.1) is 0 Å². The predicted octanol–water partition coefficient (Wildman–Crippen LogP) is 5.28. The number of aliphatic carboxylic acids is 1. The van der Waals surface area contributed by atoms with Crippen LogP contribution in [0.1, 0.15) is 44.7 Å². The van der Waals surface area contributed by atoms with Crippen molar-refractivity contribution in [3.05, 3.63) is 71.8 Å². The van der Waals surface area contributed by atoms with E-state index < -0.39 is 32.4 Å². The van der Waals surface area contributed by atoms with Gasteiger partial charge in [0.2, 0.25) is 5.88 Å². The van der Waals surface area contributed by atoms with Gasteiger partial charge < -0.3 is 9.84 Å². The number of carboxylic acids is 1. The summed E-state index contributed by atoms with van der Waals surface area (Å²) in [6, 6.07) is 17.7. The highest BCUT2D eigenvalue weighted by molar-refractivity contribution is 7.92. The molecule has 0 fully saturated rings. The lowest BCUT2D eigenvalue weighted by Crippen LogP contribution is -2.33. The van der Waals surface area contributed by atoms with Gasteiger partial charge in [-0.3, -0.25) is 4.79 Å². The Hall–Kier alpha value is -3.19. The van der Waals surface area contributed by atoms with Gasteiger partial charge in [-0.25, -0.2) is 13.4 Å². The highest BCUT2D eigenvalue weighted by Crippen LogP contribution is 2.51. The molecule has 166 valence electrons. The van der Waals surface area contributed by atoms with Gasteiger partial charge in [0.25, 0.3) is 0 Å². The summed E-state index contributed by atoms with van der Waals surface area (Å²) in [5, 5.41) is 9.40. The number of ether oxygens (including phenoxy) is 1. The number of sulfone groups is 1. The van der Waals surface area contributed by atoms with Crippen molar-refractivity contribution in [2.75, 3.05) is 0 Å². The van der Waals surface area contributed by atoms with Crippen molar-refractivity contribution in [2.45, 2.75) is 43.8 Å². The molecule has 0 saturated heterocycles. The predicted molar refractivity (Wildman–Crippen MR) is 122 cm³/mol. The third-order valence-electron chi connectivity index (χ3n) is 6.01. The second-order valence-electron chi connectivity index (χ2n) is 8.81. The Kier molecular flexibility index (Phi) is 5.33. The topological polar surface area (TPSA) is 93.6 Å². The maximum Gasteiger partial charge on any atom is 0.310 e. The lowest BCUT2D eigenvalue weighted by atomic mass is 9.70. The number of hydrogen-bond acceptors (Lipinski definition) is 5. The summed E-state index contributed by atoms with van der Waals surface area (Å²) in [6.07, 6.45) is 0. The number of nitrogens with zero attached hydrogens (tertiary/aromatic N) is 1. The van der Waals surface area contributed by atoms with Crippen LogP contribution in [0.2, 0.25) is 0 Å². The fourth-order valence-electron chi connectivity index (χ4n) is 3.99. The zero-order chi connectivity index (χ0) is 23.3. The van der Waals surface area contributed by atoms with E-state index >= 15 is 0 Å². The van der Waals surface area contributed by atoms with E-state index in [2.05, 4.69) is 4.98 Å². The van der Waals surface area contributed by atoms with E-state index in [1.807, 2.05) is 36.4 Å². The van der Waals surface area contributed by atoms with Crippen LogP contribution in [0.25, 0.3) is 11.3 Å². The molecular formula is C25H25NO5S. The molecule has 2 heterocycles. The molecule has 1 aromatic heterocycles. The molecule has 1 N–H and O–H groups in total. The van der Waals surface area contributed by atoms with Crippen LogP contribution in [0.5, 0.6) is 11.6 Å². The molecule has 2 aromatic carbocycles. The molecule has 4 rings (SSSR count). The molecule has 0 spiro atoms. The van der Waals surface area contributed by atoms with E-state index in [1.165, 1.54) is 0 Å². The SMILES string of the molecule is CC(C)S(=O)(=O)c1ccc(-c2ccc3c(n2)Oc2ccccc2[C@@H]3C(C)(C)C(=O)O)cc1. The first-order chi connectivity index (χ1) is 15.0. The molecule has 0 saturated carbocycles. The first-order valence-electron chi connectivity index (χ1n) is 10.4. The van der Waals surface area contributed by atoms with Crippen LogP contribution in [0.4, 0.5) is 0 Å². The third kappa shape index (κ3) is 3.56. The van der Waals surface area contributed by atoms with Gasteiger partial charge in [-0.1, -0.05) is 36.4 Å². The van der Waals surface area contributed by atoms with Gasteiger partial charge in [-0.05, 0) is 52.0 Å². The Morgan fingerprint density at radius 3 is 2.28 bits per heavy atom. The van der Waals surface area contributed by atoms with Crippen LogP contribution in [0.15, 0.2) is 65.6 Å². The van der Waals surface area contributed by atoms with E-state index in [0.29, 0.717) is 22.9 Å². The van der Waals surface area contributed by atoms with Crippen molar-refractivity contribution in [3.8, 4) is 22.9 Å². The Morgan fingerprint density at radius 1 is 1.00 bits per heavy atom. The minimum atomic E-state index is -3.36. The Bertz CT molecular complexity index is 1290. The summed E-state index contributed by atoms with van der Waals surface area (Å²) in [5.41, 5.74) is 1.80. The Balaban J connectivity index is 1.78. The third-order valence-corrected chi connectivity index (χ3v) is 8.18. The summed E-state index contributed by atoms with van der Waals surface area (Å²) in [6.45, 7) is 6.71. The number of aromatic nitrogens is 1. The Morgan fingerprint density at radius 2 is 1.66 bits per heavy atom. The van der Waals surface area contributed by atoms with E-state index in [0.717, 1.165) is 11.1 Å². The smallest absolute Gasteiger partial charge is 0.310 e. The molecular weight excluding hydrogens is 426 g/mol. The van der Waals surface area contributed by atoms with Gasteiger partial charge in [-0.2, -0.15) is 0 Å². The fourth-order valence-corrected chi connectivity index (χ4v) is 5.05. The molecule has 3 aromatic rings. The molecule has 1 aliphatic rings. The minimum Gasteiger partial charge on any atom is -0.481 e. The minimum absolute atomic E-state index is 0.266. The second-order valence-corrected chi connectivity index (χ2v) is 11.3. The van der Waals surface area contributed by atoms with Gasteiger partial charge in [0.1, 0.15) is 5.75 Å². The van der Waals surface area contributed by atoms with E-state index in [9.17, 15) is 18.3 Å². The molecule has 0 radical (unpaired) electrons. The highest BCUT2D eigenvalue weighted by atomic mass is 32.2. The number of rotatable bonds is 5. The van der Waals surface area contributed by atoms with Gasteiger partial charge in [0.15, 0.2) is 9.84 Å². The summed E-state index contributed by atoms with van der Waals surface area (Å²) in [5.74, 6) is -0.391. The van der Waals surface area contributed by atoms with Crippen LogP contribution < -0.4 is 4.74 Å². The van der Waals surface area contributed by atoms with Crippen LogP contribution in [0.3, 0.4) is 0 Å². The number of carbonyl (C=O) groups is 1. The summed E-state index contributed by atoms with van der Waals surface area (Å²) < 4.78 is 30.8. The number of fused-ring (bicyclic) bond motifs is 2. The van der Waals surface area contributed by atoms with Crippen molar-refractivity contribution < 1.29 is 23.1 Å². The van der Waals surface area contributed by atoms with Gasteiger partial charge >= 0.3 is 5.97 Å².